The molecule has 2 aliphatic rings. The Labute approximate surface area is 225 Å². The third-order valence-electron chi connectivity index (χ3n) is 7.79. The molecule has 2 aromatic carbocycles. The molecule has 0 spiro atoms. The number of benzene rings is 2. The van der Waals surface area contributed by atoms with Crippen LogP contribution in [0.25, 0.3) is 0 Å². The molecular formula is C29H42F3N4S+. The minimum Gasteiger partial charge on any atom is -0.340 e. The van der Waals surface area contributed by atoms with Crippen molar-refractivity contribution in [1.82, 2.24) is 9.80 Å². The molecule has 1 saturated heterocycles. The molecule has 0 amide bonds. The van der Waals surface area contributed by atoms with Crippen LogP contribution < -0.4 is 4.90 Å². The van der Waals surface area contributed by atoms with E-state index in [9.17, 15) is 13.2 Å². The molecule has 0 N–H and O–H groups in total. The number of hydrogen-bond acceptors (Lipinski definition) is 4. The molecule has 8 heteroatoms. The highest BCUT2D eigenvalue weighted by molar-refractivity contribution is 7.99. The number of halogens is 3. The lowest BCUT2D eigenvalue weighted by atomic mass is 10.1. The predicted molar refractivity (Wildman–Crippen MR) is 148 cm³/mol. The van der Waals surface area contributed by atoms with Gasteiger partial charge in [0.05, 0.1) is 43.1 Å². The number of anilines is 2. The van der Waals surface area contributed by atoms with Crippen LogP contribution in [0.15, 0.2) is 52.3 Å². The van der Waals surface area contributed by atoms with Crippen LogP contribution in [0.1, 0.15) is 32.3 Å². The first kappa shape index (κ1) is 28.3. The zero-order valence-corrected chi connectivity index (χ0v) is 23.5. The van der Waals surface area contributed by atoms with Gasteiger partial charge in [-0.15, -0.1) is 0 Å². The molecule has 204 valence electrons. The van der Waals surface area contributed by atoms with Crippen LogP contribution in [-0.2, 0) is 6.18 Å². The van der Waals surface area contributed by atoms with Gasteiger partial charge in [-0.25, -0.2) is 0 Å². The summed E-state index contributed by atoms with van der Waals surface area (Å²) in [4.78, 5) is 8.93. The lowest BCUT2D eigenvalue weighted by Crippen LogP contribution is -2.61. The first-order valence-corrected chi connectivity index (χ1v) is 14.4. The highest BCUT2D eigenvalue weighted by Gasteiger charge is 2.34. The fraction of sp³-hybridized carbons (Fsp3) is 0.586. The molecule has 0 radical (unpaired) electrons. The molecule has 0 unspecified atom stereocenters. The van der Waals surface area contributed by atoms with Crippen LogP contribution in [-0.4, -0.2) is 87.3 Å². The Morgan fingerprint density at radius 1 is 0.946 bits per heavy atom. The summed E-state index contributed by atoms with van der Waals surface area (Å²) in [7, 11) is 4.31. The predicted octanol–water partition coefficient (Wildman–Crippen LogP) is 6.44. The Bertz CT molecular complexity index is 1020. The fourth-order valence-electron chi connectivity index (χ4n) is 5.36. The Morgan fingerprint density at radius 2 is 1.65 bits per heavy atom. The highest BCUT2D eigenvalue weighted by Crippen LogP contribution is 2.49. The molecule has 0 saturated carbocycles. The monoisotopic (exact) mass is 535 g/mol. The van der Waals surface area contributed by atoms with Crippen molar-refractivity contribution >= 4 is 23.1 Å². The van der Waals surface area contributed by atoms with E-state index in [1.54, 1.807) is 17.8 Å². The SMILES string of the molecule is CC(C)CC[N+]1(CCN(C)C)CCN(CCCN2c3ccccc3Sc3ccc(C(F)(F)F)cc32)CC1. The number of nitrogens with zero attached hydrogens (tertiary/aromatic N) is 4. The summed E-state index contributed by atoms with van der Waals surface area (Å²) in [5.74, 6) is 0.721. The zero-order valence-electron chi connectivity index (χ0n) is 22.7. The third-order valence-corrected chi connectivity index (χ3v) is 8.92. The maximum absolute atomic E-state index is 13.5. The summed E-state index contributed by atoms with van der Waals surface area (Å²) >= 11 is 1.55. The minimum absolute atomic E-state index is 0.583. The van der Waals surface area contributed by atoms with Crippen molar-refractivity contribution in [3.63, 3.8) is 0 Å². The molecule has 0 aromatic heterocycles. The second-order valence-corrected chi connectivity index (χ2v) is 12.4. The van der Waals surface area contributed by atoms with Gasteiger partial charge in [0.25, 0.3) is 0 Å². The molecule has 1 fully saturated rings. The van der Waals surface area contributed by atoms with E-state index in [0.29, 0.717) is 12.2 Å². The van der Waals surface area contributed by atoms with Crippen LogP contribution >= 0.6 is 11.8 Å². The van der Waals surface area contributed by atoms with E-state index in [2.05, 4.69) is 48.7 Å². The molecule has 2 aromatic rings. The largest absolute Gasteiger partial charge is 0.416 e. The van der Waals surface area contributed by atoms with E-state index < -0.39 is 11.7 Å². The number of fused-ring (bicyclic) bond motifs is 2. The summed E-state index contributed by atoms with van der Waals surface area (Å²) in [5, 5.41) is 0. The van der Waals surface area contributed by atoms with E-state index in [-0.39, 0.29) is 0 Å². The van der Waals surface area contributed by atoms with Crippen LogP contribution in [0.2, 0.25) is 0 Å². The third kappa shape index (κ3) is 7.22. The van der Waals surface area contributed by atoms with Gasteiger partial charge >= 0.3 is 6.18 Å². The van der Waals surface area contributed by atoms with Gasteiger partial charge in [0.1, 0.15) is 0 Å². The normalized spacial score (nSPS) is 17.8. The van der Waals surface area contributed by atoms with Gasteiger partial charge in [0, 0.05) is 42.5 Å². The van der Waals surface area contributed by atoms with E-state index in [4.69, 9.17) is 0 Å². The number of rotatable bonds is 10. The van der Waals surface area contributed by atoms with Crippen LogP contribution in [0, 0.1) is 5.92 Å². The number of piperazine rings is 1. The van der Waals surface area contributed by atoms with Gasteiger partial charge in [-0.2, -0.15) is 13.2 Å². The summed E-state index contributed by atoms with van der Waals surface area (Å²) in [6.07, 6.45) is -2.17. The minimum atomic E-state index is -4.34. The van der Waals surface area contributed by atoms with Crippen LogP contribution in [0.4, 0.5) is 24.5 Å². The zero-order chi connectivity index (χ0) is 26.6. The lowest BCUT2D eigenvalue weighted by molar-refractivity contribution is -0.932. The maximum Gasteiger partial charge on any atom is 0.416 e. The summed E-state index contributed by atoms with van der Waals surface area (Å²) in [6, 6.07) is 12.2. The van der Waals surface area contributed by atoms with Crippen LogP contribution in [0.5, 0.6) is 0 Å². The quantitative estimate of drug-likeness (QED) is 0.324. The van der Waals surface area contributed by atoms with E-state index in [1.165, 1.54) is 49.2 Å². The van der Waals surface area contributed by atoms with Gasteiger partial charge in [-0.05, 0) is 63.2 Å². The van der Waals surface area contributed by atoms with Gasteiger partial charge in [-0.3, -0.25) is 4.90 Å². The van der Waals surface area contributed by atoms with Crippen molar-refractivity contribution in [2.24, 2.45) is 5.92 Å². The Balaban J connectivity index is 1.40. The van der Waals surface area contributed by atoms with Crippen molar-refractivity contribution in [2.45, 2.75) is 42.7 Å². The second kappa shape index (κ2) is 12.0. The molecule has 0 bridgehead atoms. The van der Waals surface area contributed by atoms with Gasteiger partial charge in [0.15, 0.2) is 0 Å². The van der Waals surface area contributed by atoms with Crippen molar-refractivity contribution in [3.05, 3.63) is 48.0 Å². The van der Waals surface area contributed by atoms with Crippen molar-refractivity contribution in [2.75, 3.05) is 77.9 Å². The lowest BCUT2D eigenvalue weighted by Gasteiger charge is -2.46. The number of para-hydroxylation sites is 1. The maximum atomic E-state index is 13.5. The molecule has 37 heavy (non-hydrogen) atoms. The Hall–Kier alpha value is -1.74. The van der Waals surface area contributed by atoms with Gasteiger partial charge in [-0.1, -0.05) is 37.7 Å². The number of likely N-dealkylation sites (N-methyl/N-ethyl adjacent to an activating group) is 1. The molecule has 4 rings (SSSR count). The highest BCUT2D eigenvalue weighted by atomic mass is 32.2. The molecule has 2 heterocycles. The van der Waals surface area contributed by atoms with Crippen molar-refractivity contribution in [3.8, 4) is 0 Å². The first-order valence-electron chi connectivity index (χ1n) is 13.5. The van der Waals surface area contributed by atoms with Crippen molar-refractivity contribution in [1.29, 1.82) is 0 Å². The summed E-state index contributed by atoms with van der Waals surface area (Å²) in [6.45, 7) is 14.4. The number of hydrogen-bond donors (Lipinski definition) is 0. The fourth-order valence-corrected chi connectivity index (χ4v) is 6.43. The van der Waals surface area contributed by atoms with Crippen molar-refractivity contribution < 1.29 is 17.7 Å². The molecule has 2 aliphatic heterocycles. The Morgan fingerprint density at radius 3 is 2.32 bits per heavy atom. The van der Waals surface area contributed by atoms with Gasteiger partial charge < -0.3 is 14.3 Å². The first-order chi connectivity index (χ1) is 17.6. The van der Waals surface area contributed by atoms with E-state index >= 15 is 0 Å². The number of quaternary nitrogens is 1. The topological polar surface area (TPSA) is 9.72 Å². The smallest absolute Gasteiger partial charge is 0.340 e. The number of alkyl halides is 3. The second-order valence-electron chi connectivity index (χ2n) is 11.3. The van der Waals surface area contributed by atoms with E-state index in [0.717, 1.165) is 54.0 Å². The standard InChI is InChI=1S/C29H42F3N4S/c1-23(2)12-18-36(19-15-33(3)4)20-16-34(17-21-36)13-7-14-35-25-8-5-6-9-27(25)37-28-11-10-24(22-26(28)35)29(30,31)32/h5-6,8-11,22-23H,7,12-21H2,1-4H3/q+1. The van der Waals surface area contributed by atoms with Crippen LogP contribution in [0.3, 0.4) is 0 Å². The molecular weight excluding hydrogens is 493 g/mol. The molecule has 4 nitrogen and oxygen atoms in total. The van der Waals surface area contributed by atoms with Gasteiger partial charge in [0.2, 0.25) is 0 Å². The molecule has 0 atom stereocenters. The average Bonchev–Trinajstić information content (AvgIpc) is 2.86. The van der Waals surface area contributed by atoms with E-state index in [1.807, 2.05) is 18.2 Å². The Kier molecular flexibility index (Phi) is 9.15. The average molecular weight is 536 g/mol. The summed E-state index contributed by atoms with van der Waals surface area (Å²) < 4.78 is 41.7. The molecule has 0 aliphatic carbocycles. The summed E-state index contributed by atoms with van der Waals surface area (Å²) in [5.41, 5.74) is 1.09.